The highest BCUT2D eigenvalue weighted by atomic mass is 31.3. The number of imidazole rings is 3. The SMILES string of the molecule is Nc1nc2c(ncn2[C@@H]2O[C@H](COP(=O)(O)OP(=O)(OC[C@H]3O[C@@H](n4cnc5c(=O)[nH]c(N)nc54)C(O)C3O)OC[C@H]3O[C@@H](n4cnc5c(=O)[nH]c(N)nc54)C(O)C3O)C(O)C2O)c(=O)[nH]1. The summed E-state index contributed by atoms with van der Waals surface area (Å²) in [4.78, 5) is 78.2. The minimum Gasteiger partial charge on any atom is -0.387 e. The predicted octanol–water partition coefficient (Wildman–Crippen LogP) is -5.73. The van der Waals surface area contributed by atoms with Crippen LogP contribution < -0.4 is 33.9 Å². The lowest BCUT2D eigenvalue weighted by molar-refractivity contribution is -0.0621. The number of anilines is 3. The van der Waals surface area contributed by atoms with Gasteiger partial charge in [-0.05, 0) is 0 Å². The molecule has 0 radical (unpaired) electrons. The first-order chi connectivity index (χ1) is 31.2. The van der Waals surface area contributed by atoms with E-state index < -0.39 is 126 Å². The van der Waals surface area contributed by atoms with Crippen LogP contribution in [0.5, 0.6) is 0 Å². The molecule has 6 aromatic heterocycles. The number of rotatable bonds is 14. The third kappa shape index (κ3) is 8.16. The van der Waals surface area contributed by atoms with Crippen molar-refractivity contribution in [2.75, 3.05) is 37.0 Å². The van der Waals surface area contributed by atoms with Crippen LogP contribution in [0.15, 0.2) is 33.4 Å². The van der Waals surface area contributed by atoms with Crippen LogP contribution in [0.3, 0.4) is 0 Å². The maximum Gasteiger partial charge on any atom is 0.483 e. The van der Waals surface area contributed by atoms with Gasteiger partial charge in [-0.25, -0.2) is 24.1 Å². The highest BCUT2D eigenvalue weighted by Crippen LogP contribution is 2.64. The lowest BCUT2D eigenvalue weighted by atomic mass is 10.1. The van der Waals surface area contributed by atoms with Crippen molar-refractivity contribution in [3.63, 3.8) is 0 Å². The summed E-state index contributed by atoms with van der Waals surface area (Å²) in [6.45, 7) is -3.19. The molecule has 34 nitrogen and oxygen atoms in total. The first-order valence-electron chi connectivity index (χ1n) is 19.0. The molecule has 16 N–H and O–H groups in total. The quantitative estimate of drug-likeness (QED) is 0.0452. The number of aromatic amines is 3. The van der Waals surface area contributed by atoms with Gasteiger partial charge in [0.25, 0.3) is 16.7 Å². The summed E-state index contributed by atoms with van der Waals surface area (Å²) in [5.74, 6) is -0.962. The van der Waals surface area contributed by atoms with Crippen LogP contribution in [0.1, 0.15) is 18.7 Å². The molecule has 0 bridgehead atoms. The van der Waals surface area contributed by atoms with Gasteiger partial charge < -0.3 is 66.9 Å². The Balaban J connectivity index is 0.928. The standard InChI is InChI=1S/C30H37N15O19P2/c31-28-37-19-10(22(52)40-28)34-4-43(19)25-16(49)13(46)7(61-25)1-58-65(55,56)64-66(57,59-2-8-14(47)17(50)26(62-8)44-5-35-11-20(44)38-29(32)41-23(11)53)60-3-9-15(48)18(51)27(63-9)45-6-36-12-21(45)39-30(33)42-24(12)54/h4-9,13-18,25-27,46-51H,1-3H2,(H,55,56)(H3,31,37,40,52)(H3,32,38,41,53)(H3,33,39,42,54)/t7-,8-,9-,13?,14?,15?,16?,17?,18?,25-,26-,27-,66?/m1/s1. The van der Waals surface area contributed by atoms with Gasteiger partial charge in [0.2, 0.25) is 17.8 Å². The second-order valence-electron chi connectivity index (χ2n) is 14.8. The summed E-state index contributed by atoms with van der Waals surface area (Å²) < 4.78 is 68.7. The van der Waals surface area contributed by atoms with Crippen molar-refractivity contribution in [2.24, 2.45) is 0 Å². The summed E-state index contributed by atoms with van der Waals surface area (Å²) in [5.41, 5.74) is 13.6. The number of aliphatic hydroxyl groups excluding tert-OH is 6. The minimum absolute atomic E-state index is 0.157. The van der Waals surface area contributed by atoms with E-state index in [4.69, 9.17) is 49.3 Å². The van der Waals surface area contributed by atoms with Crippen molar-refractivity contribution in [3.05, 3.63) is 50.0 Å². The maximum atomic E-state index is 14.3. The number of aliphatic hydroxyl groups is 6. The lowest BCUT2D eigenvalue weighted by Gasteiger charge is -2.24. The van der Waals surface area contributed by atoms with Crippen molar-refractivity contribution < 1.29 is 76.8 Å². The normalized spacial score (nSPS) is 31.0. The Morgan fingerprint density at radius 3 is 1.17 bits per heavy atom. The zero-order valence-electron chi connectivity index (χ0n) is 33.0. The zero-order chi connectivity index (χ0) is 47.1. The number of aromatic nitrogens is 12. The van der Waals surface area contributed by atoms with Gasteiger partial charge in [-0.3, -0.25) is 56.6 Å². The predicted molar refractivity (Wildman–Crippen MR) is 212 cm³/mol. The van der Waals surface area contributed by atoms with Crippen LogP contribution in [-0.2, 0) is 41.2 Å². The topological polar surface area (TPSA) is 509 Å². The van der Waals surface area contributed by atoms with E-state index in [1.165, 1.54) is 0 Å². The van der Waals surface area contributed by atoms with E-state index >= 15 is 0 Å². The van der Waals surface area contributed by atoms with Crippen LogP contribution in [0.2, 0.25) is 0 Å². The molecule has 356 valence electrons. The summed E-state index contributed by atoms with van der Waals surface area (Å²) in [7, 11) is -11.3. The van der Waals surface area contributed by atoms with Gasteiger partial charge in [-0.15, -0.1) is 0 Å². The smallest absolute Gasteiger partial charge is 0.387 e. The fraction of sp³-hybridized carbons (Fsp3) is 0.500. The maximum absolute atomic E-state index is 14.3. The lowest BCUT2D eigenvalue weighted by Crippen LogP contribution is -2.34. The molecular formula is C30H37N15O19P2. The molecule has 0 saturated carbocycles. The summed E-state index contributed by atoms with van der Waals surface area (Å²) in [5, 5.41) is 65.4. The molecule has 9 heterocycles. The van der Waals surface area contributed by atoms with Gasteiger partial charge in [-0.1, -0.05) is 0 Å². The third-order valence-electron chi connectivity index (χ3n) is 10.6. The van der Waals surface area contributed by atoms with Crippen LogP contribution in [0, 0.1) is 0 Å². The van der Waals surface area contributed by atoms with E-state index in [1.54, 1.807) is 0 Å². The molecular weight excluding hydrogens is 936 g/mol. The molecule has 0 aromatic carbocycles. The molecule has 9 rings (SSSR count). The number of phosphoric acid groups is 2. The van der Waals surface area contributed by atoms with Gasteiger partial charge in [0.1, 0.15) is 54.9 Å². The molecule has 36 heteroatoms. The Labute approximate surface area is 362 Å². The molecule has 3 fully saturated rings. The largest absolute Gasteiger partial charge is 0.483 e. The highest BCUT2D eigenvalue weighted by molar-refractivity contribution is 7.61. The van der Waals surface area contributed by atoms with Crippen molar-refractivity contribution in [2.45, 2.75) is 73.6 Å². The minimum atomic E-state index is -5.71. The number of hydrogen-bond donors (Lipinski definition) is 13. The van der Waals surface area contributed by atoms with Crippen molar-refractivity contribution in [1.29, 1.82) is 0 Å². The number of fused-ring (bicyclic) bond motifs is 3. The highest BCUT2D eigenvalue weighted by Gasteiger charge is 2.51. The fourth-order valence-electron chi connectivity index (χ4n) is 7.41. The molecule has 3 saturated heterocycles. The van der Waals surface area contributed by atoms with E-state index in [0.717, 1.165) is 32.7 Å². The van der Waals surface area contributed by atoms with E-state index in [2.05, 4.69) is 44.9 Å². The van der Waals surface area contributed by atoms with Gasteiger partial charge >= 0.3 is 15.6 Å². The summed E-state index contributed by atoms with van der Waals surface area (Å²) in [6.07, 6.45) is -17.4. The van der Waals surface area contributed by atoms with Crippen molar-refractivity contribution in [3.8, 4) is 0 Å². The Morgan fingerprint density at radius 1 is 0.545 bits per heavy atom. The molecule has 3 aliphatic rings. The molecule has 0 spiro atoms. The first-order valence-corrected chi connectivity index (χ1v) is 22.0. The molecule has 66 heavy (non-hydrogen) atoms. The number of nitrogens with one attached hydrogen (secondary N) is 3. The van der Waals surface area contributed by atoms with Crippen molar-refractivity contribution in [1.82, 2.24) is 58.6 Å². The number of phosphoric ester groups is 2. The number of ether oxygens (including phenoxy) is 3. The Bertz CT molecular complexity index is 2970. The number of H-pyrrole nitrogens is 3. The Hall–Kier alpha value is -5.65. The monoisotopic (exact) mass is 973 g/mol. The van der Waals surface area contributed by atoms with Crippen molar-refractivity contribution >= 4 is 67.0 Å². The van der Waals surface area contributed by atoms with E-state index in [1.807, 2.05) is 0 Å². The average Bonchev–Trinajstić information content (AvgIpc) is 4.11. The van der Waals surface area contributed by atoms with Crippen LogP contribution >= 0.6 is 15.6 Å². The van der Waals surface area contributed by atoms with Crippen LogP contribution in [0.4, 0.5) is 17.8 Å². The summed E-state index contributed by atoms with van der Waals surface area (Å²) in [6, 6.07) is 0. The number of hydrogen-bond acceptors (Lipinski definition) is 27. The molecule has 0 amide bonds. The van der Waals surface area contributed by atoms with Crippen LogP contribution in [-0.4, -0.2) is 169 Å². The summed E-state index contributed by atoms with van der Waals surface area (Å²) >= 11 is 0. The Morgan fingerprint density at radius 2 is 0.848 bits per heavy atom. The number of nitrogens with two attached hydrogens (primary N) is 3. The van der Waals surface area contributed by atoms with E-state index in [9.17, 15) is 59.0 Å². The van der Waals surface area contributed by atoms with Crippen LogP contribution in [0.25, 0.3) is 33.5 Å². The fourth-order valence-corrected chi connectivity index (χ4v) is 10.1. The average molecular weight is 974 g/mol. The second kappa shape index (κ2) is 16.9. The van der Waals surface area contributed by atoms with Gasteiger partial charge in [-0.2, -0.15) is 19.3 Å². The number of nitrogens with zero attached hydrogens (tertiary/aromatic N) is 9. The van der Waals surface area contributed by atoms with E-state index in [-0.39, 0.29) is 51.3 Å². The van der Waals surface area contributed by atoms with E-state index in [0.29, 0.717) is 0 Å². The second-order valence-corrected chi connectivity index (χ2v) is 18.1. The zero-order valence-corrected chi connectivity index (χ0v) is 34.8. The molecule has 7 unspecified atom stereocenters. The number of nitrogen functional groups attached to an aromatic ring is 3. The molecule has 6 aromatic rings. The van der Waals surface area contributed by atoms with Gasteiger partial charge in [0.05, 0.1) is 38.8 Å². The Kier molecular flexibility index (Phi) is 11.7. The molecule has 3 aliphatic heterocycles. The molecule has 0 aliphatic carbocycles. The van der Waals surface area contributed by atoms with Gasteiger partial charge in [0, 0.05) is 0 Å². The molecule has 13 atom stereocenters. The first kappa shape index (κ1) is 45.5. The van der Waals surface area contributed by atoms with Gasteiger partial charge in [0.15, 0.2) is 52.2 Å². The third-order valence-corrected chi connectivity index (χ3v) is 13.6.